The van der Waals surface area contributed by atoms with Gasteiger partial charge in [0.05, 0.1) is 12.2 Å². The largest absolute Gasteiger partial charge is 0.481 e. The number of hydrogen-bond acceptors (Lipinski definition) is 3. The number of aliphatic hydroxyl groups is 2. The van der Waals surface area contributed by atoms with E-state index in [0.29, 0.717) is 23.7 Å². The monoisotopic (exact) mass is 332 g/mol. The summed E-state index contributed by atoms with van der Waals surface area (Å²) >= 11 is 0. The summed E-state index contributed by atoms with van der Waals surface area (Å²) in [5.74, 6) is 1.55. The van der Waals surface area contributed by atoms with Gasteiger partial charge in [0.15, 0.2) is 0 Å². The maximum atomic E-state index is 10.4. The van der Waals surface area contributed by atoms with Crippen LogP contribution < -0.4 is 0 Å². The van der Waals surface area contributed by atoms with E-state index >= 15 is 0 Å². The van der Waals surface area contributed by atoms with Crippen molar-refractivity contribution in [3.8, 4) is 0 Å². The number of aliphatic carboxylic acids is 1. The Morgan fingerprint density at radius 2 is 1.88 bits per heavy atom. The topological polar surface area (TPSA) is 77.8 Å². The Hall–Kier alpha value is -1.39. The van der Waals surface area contributed by atoms with Crippen LogP contribution in [0, 0.1) is 29.1 Å². The molecule has 4 aliphatic carbocycles. The Morgan fingerprint density at radius 1 is 1.17 bits per heavy atom. The van der Waals surface area contributed by atoms with Crippen molar-refractivity contribution in [2.45, 2.75) is 51.7 Å². The SMILES string of the molecule is CC(=O)O.C[C@]12CC[C@H]3[C@@H](C=CC4=CC(O)C=C[C@@H]43)[C@@H]1CCC2O. The molecular formula is C20H28O4. The number of carbonyl (C=O) groups is 1. The molecule has 7 atom stereocenters. The molecule has 0 aliphatic heterocycles. The molecule has 2 fully saturated rings. The third kappa shape index (κ3) is 2.98. The Morgan fingerprint density at radius 3 is 2.58 bits per heavy atom. The van der Waals surface area contributed by atoms with Crippen LogP contribution in [0.4, 0.5) is 0 Å². The van der Waals surface area contributed by atoms with Gasteiger partial charge in [-0.15, -0.1) is 0 Å². The highest BCUT2D eigenvalue weighted by Crippen LogP contribution is 2.59. The highest BCUT2D eigenvalue weighted by atomic mass is 16.4. The van der Waals surface area contributed by atoms with Crippen LogP contribution in [0.15, 0.2) is 36.0 Å². The Bertz CT molecular complexity index is 586. The van der Waals surface area contributed by atoms with Gasteiger partial charge in [0.2, 0.25) is 0 Å². The molecule has 2 unspecified atom stereocenters. The zero-order valence-electron chi connectivity index (χ0n) is 14.4. The molecule has 4 heteroatoms. The van der Waals surface area contributed by atoms with E-state index in [1.807, 2.05) is 12.2 Å². The van der Waals surface area contributed by atoms with Crippen LogP contribution in [0.25, 0.3) is 0 Å². The first-order valence-corrected chi connectivity index (χ1v) is 8.97. The van der Waals surface area contributed by atoms with E-state index in [9.17, 15) is 10.2 Å². The van der Waals surface area contributed by atoms with Crippen molar-refractivity contribution in [3.63, 3.8) is 0 Å². The van der Waals surface area contributed by atoms with Crippen molar-refractivity contribution < 1.29 is 20.1 Å². The quantitative estimate of drug-likeness (QED) is 0.596. The molecule has 0 aromatic rings. The van der Waals surface area contributed by atoms with Crippen LogP contribution in [-0.2, 0) is 4.79 Å². The van der Waals surface area contributed by atoms with Gasteiger partial charge in [-0.1, -0.05) is 31.2 Å². The first-order chi connectivity index (χ1) is 11.3. The van der Waals surface area contributed by atoms with Gasteiger partial charge in [-0.3, -0.25) is 4.79 Å². The van der Waals surface area contributed by atoms with Crippen molar-refractivity contribution in [1.82, 2.24) is 0 Å². The number of carboxylic acids is 1. The minimum absolute atomic E-state index is 0.109. The van der Waals surface area contributed by atoms with Gasteiger partial charge in [0, 0.05) is 12.8 Å². The summed E-state index contributed by atoms with van der Waals surface area (Å²) in [7, 11) is 0. The molecule has 4 nitrogen and oxygen atoms in total. The molecular weight excluding hydrogens is 304 g/mol. The summed E-state index contributed by atoms with van der Waals surface area (Å²) in [6, 6.07) is 0. The van der Waals surface area contributed by atoms with Crippen molar-refractivity contribution in [2.75, 3.05) is 0 Å². The fraction of sp³-hybridized carbons (Fsp3) is 0.650. The van der Waals surface area contributed by atoms with Crippen LogP contribution in [0.3, 0.4) is 0 Å². The lowest BCUT2D eigenvalue weighted by Crippen LogP contribution is -2.45. The molecule has 3 N–H and O–H groups in total. The standard InChI is InChI=1S/C18H24O2.C2H4O2/c1-18-9-8-14-13-5-3-12(19)10-11(13)2-4-15(14)16(18)6-7-17(18)20;1-2(3)4/h2-5,10,12-17,19-20H,6-9H2,1H3;1H3,(H,3,4)/t12?,13-,14+,15+,16-,17?,18-;/m0./s1. The maximum absolute atomic E-state index is 10.4. The number of aliphatic hydroxyl groups excluding tert-OH is 2. The summed E-state index contributed by atoms with van der Waals surface area (Å²) in [4.78, 5) is 9.00. The maximum Gasteiger partial charge on any atom is 0.300 e. The lowest BCUT2D eigenvalue weighted by atomic mass is 9.54. The summed E-state index contributed by atoms with van der Waals surface area (Å²) in [6.45, 7) is 3.38. The highest BCUT2D eigenvalue weighted by molar-refractivity contribution is 5.62. The number of fused-ring (bicyclic) bond motifs is 5. The predicted octanol–water partition coefficient (Wildman–Crippen LogP) is 2.92. The van der Waals surface area contributed by atoms with Gasteiger partial charge >= 0.3 is 0 Å². The zero-order chi connectivity index (χ0) is 17.5. The van der Waals surface area contributed by atoms with E-state index in [4.69, 9.17) is 9.90 Å². The van der Waals surface area contributed by atoms with Gasteiger partial charge in [-0.25, -0.2) is 0 Å². The molecule has 0 amide bonds. The summed E-state index contributed by atoms with van der Waals surface area (Å²) < 4.78 is 0. The molecule has 0 aromatic heterocycles. The zero-order valence-corrected chi connectivity index (χ0v) is 14.4. The molecule has 4 aliphatic rings. The number of allylic oxidation sites excluding steroid dienone is 4. The van der Waals surface area contributed by atoms with E-state index in [1.54, 1.807) is 0 Å². The fourth-order valence-corrected chi connectivity index (χ4v) is 5.38. The van der Waals surface area contributed by atoms with Gasteiger partial charge in [0.1, 0.15) is 0 Å². The molecule has 0 saturated heterocycles. The Labute approximate surface area is 143 Å². The molecule has 132 valence electrons. The van der Waals surface area contributed by atoms with Gasteiger partial charge < -0.3 is 15.3 Å². The van der Waals surface area contributed by atoms with Gasteiger partial charge in [-0.2, -0.15) is 0 Å². The molecule has 0 spiro atoms. The Kier molecular flexibility index (Phi) is 4.71. The van der Waals surface area contributed by atoms with Crippen molar-refractivity contribution >= 4 is 5.97 Å². The molecule has 24 heavy (non-hydrogen) atoms. The number of rotatable bonds is 0. The van der Waals surface area contributed by atoms with Crippen LogP contribution in [0.5, 0.6) is 0 Å². The molecule has 0 bridgehead atoms. The molecule has 2 saturated carbocycles. The minimum Gasteiger partial charge on any atom is -0.481 e. The van der Waals surface area contributed by atoms with Crippen LogP contribution in [-0.4, -0.2) is 33.5 Å². The van der Waals surface area contributed by atoms with E-state index in [0.717, 1.165) is 19.8 Å². The van der Waals surface area contributed by atoms with Crippen LogP contribution >= 0.6 is 0 Å². The molecule has 0 aromatic carbocycles. The third-order valence-electron chi connectivity index (χ3n) is 6.57. The molecule has 0 heterocycles. The highest BCUT2D eigenvalue weighted by Gasteiger charge is 2.54. The lowest BCUT2D eigenvalue weighted by Gasteiger charge is -2.50. The fourth-order valence-electron chi connectivity index (χ4n) is 5.38. The van der Waals surface area contributed by atoms with E-state index in [-0.39, 0.29) is 11.5 Å². The first-order valence-electron chi connectivity index (χ1n) is 8.97. The molecule has 4 rings (SSSR count). The van der Waals surface area contributed by atoms with E-state index < -0.39 is 12.1 Å². The summed E-state index contributed by atoms with van der Waals surface area (Å²) in [5, 5.41) is 27.5. The first kappa shape index (κ1) is 17.4. The average molecular weight is 332 g/mol. The van der Waals surface area contributed by atoms with E-state index in [1.165, 1.54) is 18.4 Å². The average Bonchev–Trinajstić information content (AvgIpc) is 2.82. The molecule has 0 radical (unpaired) electrons. The van der Waals surface area contributed by atoms with Crippen LogP contribution in [0.1, 0.15) is 39.5 Å². The predicted molar refractivity (Wildman–Crippen MR) is 92.2 cm³/mol. The van der Waals surface area contributed by atoms with Gasteiger partial charge in [0.25, 0.3) is 5.97 Å². The van der Waals surface area contributed by atoms with Crippen molar-refractivity contribution in [2.24, 2.45) is 29.1 Å². The van der Waals surface area contributed by atoms with Crippen LogP contribution in [0.2, 0.25) is 0 Å². The second-order valence-electron chi connectivity index (χ2n) is 7.93. The second kappa shape index (κ2) is 6.49. The van der Waals surface area contributed by atoms with Gasteiger partial charge in [-0.05, 0) is 60.5 Å². The normalized spacial score (nSPS) is 45.2. The number of hydrogen-bond donors (Lipinski definition) is 3. The minimum atomic E-state index is -0.833. The Balaban J connectivity index is 0.000000383. The number of carboxylic acid groups (broad SMARTS) is 1. The summed E-state index contributed by atoms with van der Waals surface area (Å²) in [5.41, 5.74) is 1.42. The third-order valence-corrected chi connectivity index (χ3v) is 6.57. The van der Waals surface area contributed by atoms with E-state index in [2.05, 4.69) is 25.2 Å². The lowest BCUT2D eigenvalue weighted by molar-refractivity contribution is -0.134. The van der Waals surface area contributed by atoms with Crippen molar-refractivity contribution in [1.29, 1.82) is 0 Å². The summed E-state index contributed by atoms with van der Waals surface area (Å²) in [6.07, 6.45) is 14.7. The second-order valence-corrected chi connectivity index (χ2v) is 7.93. The van der Waals surface area contributed by atoms with Crippen molar-refractivity contribution in [3.05, 3.63) is 36.0 Å². The smallest absolute Gasteiger partial charge is 0.300 e.